The first-order valence-electron chi connectivity index (χ1n) is 13.5. The van der Waals surface area contributed by atoms with Gasteiger partial charge in [-0.25, -0.2) is 0 Å². The van der Waals surface area contributed by atoms with Gasteiger partial charge in [-0.2, -0.15) is 0 Å². The number of rotatable bonds is 2. The molecule has 1 heteroatoms. The molecule has 0 bridgehead atoms. The Balaban J connectivity index is 1.40. The first kappa shape index (κ1) is 20.9. The standard InChI is InChI=1S/C38H23N/c1-2-15-28-24(9-1)10-6-17-29(28)26-13-5-14-27(23-26)39-35-20-4-3-16-30(35)33-22-21-32-31-18-7-11-25-12-8-19-34(36(25)31)37(32)38(33)39/h1-23H. The van der Waals surface area contributed by atoms with Crippen molar-refractivity contribution >= 4 is 43.4 Å². The molecular weight excluding hydrogens is 470 g/mol. The summed E-state index contributed by atoms with van der Waals surface area (Å²) in [5.74, 6) is 0. The quantitative estimate of drug-likeness (QED) is 0.226. The van der Waals surface area contributed by atoms with Crippen LogP contribution in [0.4, 0.5) is 0 Å². The van der Waals surface area contributed by atoms with Gasteiger partial charge in [0.25, 0.3) is 0 Å². The molecule has 39 heavy (non-hydrogen) atoms. The fourth-order valence-corrected chi connectivity index (χ4v) is 6.89. The van der Waals surface area contributed by atoms with Crippen LogP contribution in [0.25, 0.3) is 82.4 Å². The molecule has 8 aromatic rings. The van der Waals surface area contributed by atoms with Crippen LogP contribution in [0.5, 0.6) is 0 Å². The van der Waals surface area contributed by atoms with Crippen LogP contribution in [0.2, 0.25) is 0 Å². The smallest absolute Gasteiger partial charge is 0.0625 e. The largest absolute Gasteiger partial charge is 0.309 e. The summed E-state index contributed by atoms with van der Waals surface area (Å²) in [6, 6.07) is 51.2. The zero-order valence-electron chi connectivity index (χ0n) is 21.2. The van der Waals surface area contributed by atoms with Gasteiger partial charge in [0.1, 0.15) is 0 Å². The molecule has 180 valence electrons. The van der Waals surface area contributed by atoms with E-state index < -0.39 is 0 Å². The van der Waals surface area contributed by atoms with Gasteiger partial charge in [0.05, 0.1) is 11.0 Å². The van der Waals surface area contributed by atoms with Gasteiger partial charge in [0, 0.05) is 22.0 Å². The second-order valence-electron chi connectivity index (χ2n) is 10.5. The van der Waals surface area contributed by atoms with Crippen molar-refractivity contribution in [2.75, 3.05) is 0 Å². The Bertz CT molecular complexity index is 2270. The predicted molar refractivity (Wildman–Crippen MR) is 166 cm³/mol. The molecule has 0 unspecified atom stereocenters. The highest BCUT2D eigenvalue weighted by molar-refractivity contribution is 6.24. The average molecular weight is 494 g/mol. The number of benzene rings is 7. The summed E-state index contributed by atoms with van der Waals surface area (Å²) >= 11 is 0. The van der Waals surface area contributed by atoms with Crippen LogP contribution in [0.3, 0.4) is 0 Å². The Morgan fingerprint density at radius 2 is 1.10 bits per heavy atom. The average Bonchev–Trinajstić information content (AvgIpc) is 3.51. The van der Waals surface area contributed by atoms with Gasteiger partial charge < -0.3 is 4.57 Å². The molecule has 1 heterocycles. The van der Waals surface area contributed by atoms with Gasteiger partial charge in [-0.3, -0.25) is 0 Å². The number of aromatic nitrogens is 1. The minimum absolute atomic E-state index is 1.18. The maximum absolute atomic E-state index is 2.49. The Morgan fingerprint density at radius 1 is 0.410 bits per heavy atom. The van der Waals surface area contributed by atoms with Gasteiger partial charge >= 0.3 is 0 Å². The summed E-state index contributed by atoms with van der Waals surface area (Å²) in [5.41, 5.74) is 11.5. The number of hydrogen-bond donors (Lipinski definition) is 0. The molecule has 0 radical (unpaired) electrons. The molecule has 0 saturated heterocycles. The van der Waals surface area contributed by atoms with Crippen molar-refractivity contribution in [2.45, 2.75) is 0 Å². The van der Waals surface area contributed by atoms with Gasteiger partial charge in [-0.15, -0.1) is 0 Å². The molecule has 1 aromatic heterocycles. The van der Waals surface area contributed by atoms with Crippen molar-refractivity contribution in [1.82, 2.24) is 4.57 Å². The monoisotopic (exact) mass is 493 g/mol. The normalized spacial score (nSPS) is 12.1. The van der Waals surface area contributed by atoms with Crippen molar-refractivity contribution in [3.05, 3.63) is 140 Å². The fourth-order valence-electron chi connectivity index (χ4n) is 6.89. The highest BCUT2D eigenvalue weighted by Gasteiger charge is 2.26. The lowest BCUT2D eigenvalue weighted by Gasteiger charge is -2.14. The molecule has 0 amide bonds. The van der Waals surface area contributed by atoms with Crippen LogP contribution in [0, 0.1) is 0 Å². The second-order valence-corrected chi connectivity index (χ2v) is 10.5. The van der Waals surface area contributed by atoms with E-state index >= 15 is 0 Å². The van der Waals surface area contributed by atoms with Crippen molar-refractivity contribution in [3.8, 4) is 39.1 Å². The zero-order chi connectivity index (χ0) is 25.5. The summed E-state index contributed by atoms with van der Waals surface area (Å²) in [5, 5.41) is 7.79. The molecule has 9 rings (SSSR count). The highest BCUT2D eigenvalue weighted by Crippen LogP contribution is 2.52. The third-order valence-electron chi connectivity index (χ3n) is 8.51. The summed E-state index contributed by atoms with van der Waals surface area (Å²) in [6.07, 6.45) is 0. The summed E-state index contributed by atoms with van der Waals surface area (Å²) in [7, 11) is 0. The molecule has 0 fully saturated rings. The van der Waals surface area contributed by atoms with Crippen molar-refractivity contribution in [1.29, 1.82) is 0 Å². The molecular formula is C38H23N. The molecule has 0 N–H and O–H groups in total. The van der Waals surface area contributed by atoms with Crippen LogP contribution < -0.4 is 0 Å². The van der Waals surface area contributed by atoms with Crippen LogP contribution in [0.1, 0.15) is 0 Å². The molecule has 7 aromatic carbocycles. The minimum Gasteiger partial charge on any atom is -0.309 e. The highest BCUT2D eigenvalue weighted by atomic mass is 15.0. The molecule has 1 nitrogen and oxygen atoms in total. The first-order valence-corrected chi connectivity index (χ1v) is 13.5. The Morgan fingerprint density at radius 3 is 2.00 bits per heavy atom. The molecule has 0 atom stereocenters. The van der Waals surface area contributed by atoms with Crippen molar-refractivity contribution in [2.24, 2.45) is 0 Å². The third-order valence-corrected chi connectivity index (χ3v) is 8.51. The van der Waals surface area contributed by atoms with Gasteiger partial charge in [0.15, 0.2) is 0 Å². The number of hydrogen-bond acceptors (Lipinski definition) is 0. The van der Waals surface area contributed by atoms with E-state index in [4.69, 9.17) is 0 Å². The van der Waals surface area contributed by atoms with Gasteiger partial charge in [0.2, 0.25) is 0 Å². The Labute approximate surface area is 226 Å². The first-order chi connectivity index (χ1) is 19.4. The van der Waals surface area contributed by atoms with Crippen molar-refractivity contribution in [3.63, 3.8) is 0 Å². The van der Waals surface area contributed by atoms with Crippen LogP contribution >= 0.6 is 0 Å². The summed E-state index contributed by atoms with van der Waals surface area (Å²) < 4.78 is 2.49. The second kappa shape index (κ2) is 7.69. The predicted octanol–water partition coefficient (Wildman–Crippen LogP) is 10.4. The maximum atomic E-state index is 2.49. The number of nitrogens with zero attached hydrogens (tertiary/aromatic N) is 1. The Hall–Kier alpha value is -5.14. The van der Waals surface area contributed by atoms with Crippen LogP contribution in [-0.2, 0) is 0 Å². The molecule has 0 spiro atoms. The SMILES string of the molecule is c1cc(-c2cccc3ccccc23)cc(-n2c3ccccc3c3ccc4c(c32)-c2cccc3cccc-4c23)c1. The van der Waals surface area contributed by atoms with E-state index in [-0.39, 0.29) is 0 Å². The van der Waals surface area contributed by atoms with E-state index in [1.54, 1.807) is 0 Å². The maximum Gasteiger partial charge on any atom is 0.0625 e. The lowest BCUT2D eigenvalue weighted by atomic mass is 9.98. The zero-order valence-corrected chi connectivity index (χ0v) is 21.2. The molecule has 0 aliphatic heterocycles. The minimum atomic E-state index is 1.18. The number of para-hydroxylation sites is 1. The van der Waals surface area contributed by atoms with E-state index in [2.05, 4.69) is 144 Å². The topological polar surface area (TPSA) is 4.93 Å². The van der Waals surface area contributed by atoms with Gasteiger partial charge in [-0.1, -0.05) is 121 Å². The molecule has 1 aliphatic rings. The van der Waals surface area contributed by atoms with E-state index in [9.17, 15) is 0 Å². The van der Waals surface area contributed by atoms with E-state index in [1.165, 1.54) is 82.4 Å². The lowest BCUT2D eigenvalue weighted by Crippen LogP contribution is -1.96. The Kier molecular flexibility index (Phi) is 4.11. The van der Waals surface area contributed by atoms with E-state index in [1.807, 2.05) is 0 Å². The molecule has 1 aliphatic carbocycles. The van der Waals surface area contributed by atoms with Crippen LogP contribution in [0.15, 0.2) is 140 Å². The van der Waals surface area contributed by atoms with E-state index in [0.29, 0.717) is 0 Å². The fraction of sp³-hybridized carbons (Fsp3) is 0. The number of fused-ring (bicyclic) bond motifs is 8. The molecule has 0 saturated carbocycles. The van der Waals surface area contributed by atoms with Gasteiger partial charge in [-0.05, 0) is 67.6 Å². The summed E-state index contributed by atoms with van der Waals surface area (Å²) in [4.78, 5) is 0. The van der Waals surface area contributed by atoms with Crippen LogP contribution in [-0.4, -0.2) is 4.57 Å². The third kappa shape index (κ3) is 2.79. The summed E-state index contributed by atoms with van der Waals surface area (Å²) in [6.45, 7) is 0. The van der Waals surface area contributed by atoms with E-state index in [0.717, 1.165) is 0 Å². The van der Waals surface area contributed by atoms with Crippen molar-refractivity contribution < 1.29 is 0 Å². The lowest BCUT2D eigenvalue weighted by molar-refractivity contribution is 1.18.